The van der Waals surface area contributed by atoms with Gasteiger partial charge in [0, 0.05) is 12.6 Å². The molecule has 0 spiro atoms. The number of allylic oxidation sites excluding steroid dienone is 6. The summed E-state index contributed by atoms with van der Waals surface area (Å²) in [6.45, 7) is 10.6. The number of nitrogens with one attached hydrogen (secondary N) is 1. The van der Waals surface area contributed by atoms with Crippen molar-refractivity contribution in [1.29, 1.82) is 0 Å². The molecule has 34 heavy (non-hydrogen) atoms. The van der Waals surface area contributed by atoms with Gasteiger partial charge in [-0.05, 0) is 92.6 Å². The Bertz CT molecular complexity index is 1150. The first-order chi connectivity index (χ1) is 16.1. The highest BCUT2D eigenvalue weighted by Gasteiger charge is 2.08. The van der Waals surface area contributed by atoms with E-state index in [-0.39, 0.29) is 17.4 Å². The number of amides is 1. The van der Waals surface area contributed by atoms with Crippen LogP contribution in [0.25, 0.3) is 6.08 Å². The molecule has 0 fully saturated rings. The quantitative estimate of drug-likeness (QED) is 0.249. The van der Waals surface area contributed by atoms with E-state index in [9.17, 15) is 15.0 Å². The monoisotopic (exact) mass is 461 g/mol. The molecule has 2 aromatic carbocycles. The summed E-state index contributed by atoms with van der Waals surface area (Å²) in [5, 5.41) is 21.7. The summed E-state index contributed by atoms with van der Waals surface area (Å²) in [7, 11) is 1.69. The van der Waals surface area contributed by atoms with E-state index in [1.807, 2.05) is 32.1 Å². The number of phenols is 2. The van der Waals surface area contributed by atoms with Crippen LogP contribution in [0.5, 0.6) is 17.2 Å². The highest BCUT2D eigenvalue weighted by Crippen LogP contribution is 2.28. The van der Waals surface area contributed by atoms with E-state index >= 15 is 0 Å². The molecule has 5 heteroatoms. The Morgan fingerprint density at radius 1 is 1.00 bits per heavy atom. The third kappa shape index (κ3) is 7.69. The topological polar surface area (TPSA) is 78.8 Å². The Kier molecular flexibility index (Phi) is 9.75. The van der Waals surface area contributed by atoms with Gasteiger partial charge in [0.25, 0.3) is 0 Å². The molecule has 0 bridgehead atoms. The second kappa shape index (κ2) is 12.5. The van der Waals surface area contributed by atoms with Gasteiger partial charge in [0.1, 0.15) is 5.75 Å². The standard InChI is InChI=1S/C29H35NO4/c1-19(10-12-25-21(3)17-28(34-6)23(5)22(25)4)8-7-9-20(2)16-29(33)30-15-14-24-11-13-26(31)27(32)18-24/h7-13,16-18,31-32H,14-15H2,1-6H3,(H,30,33)/b9-7+,12-10+,19-8+,20-16+. The molecule has 0 saturated heterocycles. The number of ether oxygens (including phenoxy) is 1. The highest BCUT2D eigenvalue weighted by atomic mass is 16.5. The SMILES string of the molecule is COc1cc(C)c(/C=C/C(C)=C/C=C/C(C)=C/C(=O)NCCc2ccc(O)c(O)c2)c(C)c1C. The molecule has 0 atom stereocenters. The van der Waals surface area contributed by atoms with E-state index in [4.69, 9.17) is 4.74 Å². The second-order valence-corrected chi connectivity index (χ2v) is 8.41. The number of phenolic OH excluding ortho intramolecular Hbond substituents is 2. The minimum Gasteiger partial charge on any atom is -0.504 e. The van der Waals surface area contributed by atoms with Crippen LogP contribution in [0.15, 0.2) is 65.8 Å². The second-order valence-electron chi connectivity index (χ2n) is 8.41. The van der Waals surface area contributed by atoms with Gasteiger partial charge in [-0.2, -0.15) is 0 Å². The van der Waals surface area contributed by atoms with Crippen LogP contribution in [-0.2, 0) is 11.2 Å². The highest BCUT2D eigenvalue weighted by molar-refractivity contribution is 5.88. The molecular weight excluding hydrogens is 426 g/mol. The maximum absolute atomic E-state index is 12.1. The predicted octanol–water partition coefficient (Wildman–Crippen LogP) is 5.85. The summed E-state index contributed by atoms with van der Waals surface area (Å²) < 4.78 is 5.44. The minimum absolute atomic E-state index is 0.154. The smallest absolute Gasteiger partial charge is 0.244 e. The first kappa shape index (κ1) is 26.5. The van der Waals surface area contributed by atoms with Crippen LogP contribution in [0.2, 0.25) is 0 Å². The largest absolute Gasteiger partial charge is 0.504 e. The van der Waals surface area contributed by atoms with E-state index in [1.165, 1.54) is 28.8 Å². The van der Waals surface area contributed by atoms with Gasteiger partial charge in [0.15, 0.2) is 11.5 Å². The molecule has 0 aliphatic rings. The molecular formula is C29H35NO4. The van der Waals surface area contributed by atoms with Gasteiger partial charge in [0.05, 0.1) is 7.11 Å². The molecule has 1 amide bonds. The average Bonchev–Trinajstić information content (AvgIpc) is 2.78. The Labute approximate surface area is 202 Å². The average molecular weight is 462 g/mol. The summed E-state index contributed by atoms with van der Waals surface area (Å²) in [6.07, 6.45) is 12.1. The van der Waals surface area contributed by atoms with Crippen molar-refractivity contribution >= 4 is 12.0 Å². The third-order valence-corrected chi connectivity index (χ3v) is 5.67. The first-order valence-electron chi connectivity index (χ1n) is 11.3. The lowest BCUT2D eigenvalue weighted by Gasteiger charge is -2.13. The maximum Gasteiger partial charge on any atom is 0.244 e. The molecule has 0 heterocycles. The Morgan fingerprint density at radius 2 is 1.74 bits per heavy atom. The predicted molar refractivity (Wildman–Crippen MR) is 139 cm³/mol. The zero-order chi connectivity index (χ0) is 25.3. The summed E-state index contributed by atoms with van der Waals surface area (Å²) in [4.78, 5) is 12.1. The van der Waals surface area contributed by atoms with Crippen LogP contribution in [0.4, 0.5) is 0 Å². The van der Waals surface area contributed by atoms with Crippen molar-refractivity contribution in [3.8, 4) is 17.2 Å². The van der Waals surface area contributed by atoms with Crippen molar-refractivity contribution < 1.29 is 19.7 Å². The number of carbonyl (C=O) groups is 1. The number of aryl methyl sites for hydroxylation is 1. The summed E-state index contributed by atoms with van der Waals surface area (Å²) in [6, 6.07) is 6.71. The zero-order valence-electron chi connectivity index (χ0n) is 20.9. The van der Waals surface area contributed by atoms with Crippen LogP contribution >= 0.6 is 0 Å². The van der Waals surface area contributed by atoms with Gasteiger partial charge >= 0.3 is 0 Å². The lowest BCUT2D eigenvalue weighted by molar-refractivity contribution is -0.116. The first-order valence-corrected chi connectivity index (χ1v) is 11.3. The van der Waals surface area contributed by atoms with Gasteiger partial charge in [-0.15, -0.1) is 0 Å². The molecule has 180 valence electrons. The van der Waals surface area contributed by atoms with Gasteiger partial charge in [0.2, 0.25) is 5.91 Å². The van der Waals surface area contributed by atoms with Crippen molar-refractivity contribution in [1.82, 2.24) is 5.32 Å². The van der Waals surface area contributed by atoms with Crippen molar-refractivity contribution in [2.45, 2.75) is 41.0 Å². The third-order valence-electron chi connectivity index (χ3n) is 5.67. The molecule has 0 radical (unpaired) electrons. The maximum atomic E-state index is 12.1. The van der Waals surface area contributed by atoms with Crippen molar-refractivity contribution in [3.05, 3.63) is 93.6 Å². The minimum atomic E-state index is -0.174. The van der Waals surface area contributed by atoms with Gasteiger partial charge < -0.3 is 20.3 Å². The van der Waals surface area contributed by atoms with E-state index in [1.54, 1.807) is 19.3 Å². The number of carbonyl (C=O) groups excluding carboxylic acids is 1. The van der Waals surface area contributed by atoms with E-state index in [0.29, 0.717) is 13.0 Å². The molecule has 5 nitrogen and oxygen atoms in total. The molecule has 3 N–H and O–H groups in total. The molecule has 2 rings (SSSR count). The molecule has 0 aromatic heterocycles. The zero-order valence-corrected chi connectivity index (χ0v) is 20.9. The van der Waals surface area contributed by atoms with Crippen molar-refractivity contribution in [2.24, 2.45) is 0 Å². The van der Waals surface area contributed by atoms with E-state index < -0.39 is 0 Å². The Hall–Kier alpha value is -3.73. The van der Waals surface area contributed by atoms with Gasteiger partial charge in [-0.3, -0.25) is 4.79 Å². The van der Waals surface area contributed by atoms with Crippen molar-refractivity contribution in [2.75, 3.05) is 13.7 Å². The Balaban J connectivity index is 1.91. The summed E-state index contributed by atoms with van der Waals surface area (Å²) in [5.41, 5.74) is 7.50. The molecule has 0 aliphatic carbocycles. The van der Waals surface area contributed by atoms with Crippen molar-refractivity contribution in [3.63, 3.8) is 0 Å². The lowest BCUT2D eigenvalue weighted by atomic mass is 9.96. The fourth-order valence-corrected chi connectivity index (χ4v) is 3.52. The number of hydrogen-bond acceptors (Lipinski definition) is 4. The number of rotatable bonds is 9. The van der Waals surface area contributed by atoms with Crippen LogP contribution in [0.1, 0.15) is 41.7 Å². The normalized spacial score (nSPS) is 12.5. The number of aromatic hydroxyl groups is 2. The van der Waals surface area contributed by atoms with Crippen LogP contribution in [0, 0.1) is 20.8 Å². The lowest BCUT2D eigenvalue weighted by Crippen LogP contribution is -2.23. The molecule has 0 saturated carbocycles. The van der Waals surface area contributed by atoms with Gasteiger partial charge in [-0.1, -0.05) is 42.0 Å². The fourth-order valence-electron chi connectivity index (χ4n) is 3.52. The molecule has 2 aromatic rings. The number of benzene rings is 2. The Morgan fingerprint density at radius 3 is 2.41 bits per heavy atom. The van der Waals surface area contributed by atoms with Crippen LogP contribution in [0.3, 0.4) is 0 Å². The summed E-state index contributed by atoms with van der Waals surface area (Å²) >= 11 is 0. The number of hydrogen-bond donors (Lipinski definition) is 3. The number of methoxy groups -OCH3 is 1. The van der Waals surface area contributed by atoms with Crippen LogP contribution in [-0.4, -0.2) is 29.8 Å². The van der Waals surface area contributed by atoms with E-state index in [2.05, 4.69) is 44.3 Å². The summed E-state index contributed by atoms with van der Waals surface area (Å²) in [5.74, 6) is 0.422. The van der Waals surface area contributed by atoms with E-state index in [0.717, 1.165) is 28.0 Å². The van der Waals surface area contributed by atoms with Crippen LogP contribution < -0.4 is 10.1 Å². The molecule has 0 aliphatic heterocycles. The van der Waals surface area contributed by atoms with Gasteiger partial charge in [-0.25, -0.2) is 0 Å². The fraction of sp³-hybridized carbons (Fsp3) is 0.276. The molecule has 0 unspecified atom stereocenters.